The first-order valence-electron chi connectivity index (χ1n) is 14.0. The topological polar surface area (TPSA) is 112 Å². The van der Waals surface area contributed by atoms with Gasteiger partial charge in [-0.15, -0.1) is 0 Å². The van der Waals surface area contributed by atoms with E-state index in [0.29, 0.717) is 37.3 Å². The Morgan fingerprint density at radius 1 is 1.00 bits per heavy atom. The molecule has 0 saturated heterocycles. The van der Waals surface area contributed by atoms with Crippen LogP contribution in [0.4, 0.5) is 4.79 Å². The highest BCUT2D eigenvalue weighted by molar-refractivity contribution is 6.74. The van der Waals surface area contributed by atoms with Crippen LogP contribution >= 0.6 is 0 Å². The zero-order chi connectivity index (χ0) is 29.3. The zero-order valence-electron chi connectivity index (χ0n) is 24.4. The lowest BCUT2D eigenvalue weighted by Crippen LogP contribution is -2.45. The number of aliphatic hydroxyl groups excluding tert-OH is 1. The molecule has 0 fully saturated rings. The summed E-state index contributed by atoms with van der Waals surface area (Å²) in [5, 5.41) is 19.8. The molecule has 218 valence electrons. The van der Waals surface area contributed by atoms with Gasteiger partial charge < -0.3 is 29.3 Å². The summed E-state index contributed by atoms with van der Waals surface area (Å²) in [5.74, 6) is 0.547. The number of hydrogen-bond acceptors (Lipinski definition) is 5. The van der Waals surface area contributed by atoms with Gasteiger partial charge in [-0.2, -0.15) is 0 Å². The van der Waals surface area contributed by atoms with E-state index in [9.17, 15) is 14.7 Å². The molecule has 40 heavy (non-hydrogen) atoms. The number of pyridine rings is 1. The number of amides is 1. The van der Waals surface area contributed by atoms with Gasteiger partial charge in [0.1, 0.15) is 12.4 Å². The first kappa shape index (κ1) is 31.4. The van der Waals surface area contributed by atoms with Gasteiger partial charge >= 0.3 is 6.09 Å². The number of ether oxygens (including phenoxy) is 1. The van der Waals surface area contributed by atoms with Crippen LogP contribution in [0.5, 0.6) is 5.75 Å². The number of aliphatic hydroxyl groups is 1. The summed E-state index contributed by atoms with van der Waals surface area (Å²) in [6, 6.07) is 16.8. The van der Waals surface area contributed by atoms with Gasteiger partial charge in [-0.05, 0) is 54.2 Å². The lowest BCUT2D eigenvalue weighted by atomic mass is 10.0. The number of H-pyrrole nitrogens is 1. The van der Waals surface area contributed by atoms with Gasteiger partial charge in [0.2, 0.25) is 5.56 Å². The highest BCUT2D eigenvalue weighted by atomic mass is 28.4. The molecule has 0 aliphatic carbocycles. The Morgan fingerprint density at radius 2 is 1.70 bits per heavy atom. The van der Waals surface area contributed by atoms with E-state index in [1.54, 1.807) is 6.07 Å². The number of carboxylic acid groups (broad SMARTS) is 1. The predicted octanol–water partition coefficient (Wildman–Crippen LogP) is 6.70. The monoisotopic (exact) mass is 568 g/mol. The van der Waals surface area contributed by atoms with Crippen LogP contribution in [0.15, 0.2) is 59.4 Å². The SMILES string of the molecule is CC(C)(C)[Si](C)(C)OC(CN(CCCCCCO)C(=O)O)c1ccc(OCc2ccccc2)c2[nH]c(=O)ccc12. The lowest BCUT2D eigenvalue weighted by Gasteiger charge is -2.40. The van der Waals surface area contributed by atoms with Gasteiger partial charge in [0, 0.05) is 24.6 Å². The Morgan fingerprint density at radius 3 is 2.35 bits per heavy atom. The number of fused-ring (bicyclic) bond motifs is 1. The molecule has 9 heteroatoms. The molecule has 8 nitrogen and oxygen atoms in total. The summed E-state index contributed by atoms with van der Waals surface area (Å²) < 4.78 is 13.0. The van der Waals surface area contributed by atoms with Crippen molar-refractivity contribution in [1.29, 1.82) is 0 Å². The Hall–Kier alpha value is -3.14. The molecule has 2 aromatic carbocycles. The van der Waals surface area contributed by atoms with Crippen molar-refractivity contribution >= 4 is 25.3 Å². The van der Waals surface area contributed by atoms with Crippen LogP contribution in [-0.2, 0) is 11.0 Å². The molecule has 1 aromatic heterocycles. The van der Waals surface area contributed by atoms with Crippen LogP contribution < -0.4 is 10.3 Å². The Balaban J connectivity index is 2.00. The van der Waals surface area contributed by atoms with Gasteiger partial charge in [0.15, 0.2) is 8.32 Å². The van der Waals surface area contributed by atoms with Crippen LogP contribution in [0.3, 0.4) is 0 Å². The highest BCUT2D eigenvalue weighted by Crippen LogP contribution is 2.41. The van der Waals surface area contributed by atoms with Crippen molar-refractivity contribution in [2.75, 3.05) is 19.7 Å². The van der Waals surface area contributed by atoms with Gasteiger partial charge in [-0.3, -0.25) is 4.79 Å². The summed E-state index contributed by atoms with van der Waals surface area (Å²) >= 11 is 0. The molecular weight excluding hydrogens is 524 g/mol. The molecule has 0 aliphatic heterocycles. The molecule has 3 rings (SSSR count). The number of unbranched alkanes of at least 4 members (excludes halogenated alkanes) is 3. The number of nitrogens with one attached hydrogen (secondary N) is 1. The number of rotatable bonds is 14. The second-order valence-corrected chi connectivity index (χ2v) is 16.5. The summed E-state index contributed by atoms with van der Waals surface area (Å²) in [5.41, 5.74) is 2.14. The predicted molar refractivity (Wildman–Crippen MR) is 162 cm³/mol. The minimum Gasteiger partial charge on any atom is -0.487 e. The van der Waals surface area contributed by atoms with E-state index in [2.05, 4.69) is 38.8 Å². The molecule has 3 aromatic rings. The number of nitrogens with zero attached hydrogens (tertiary/aromatic N) is 1. The zero-order valence-corrected chi connectivity index (χ0v) is 25.4. The van der Waals surface area contributed by atoms with E-state index in [0.717, 1.165) is 29.4 Å². The lowest BCUT2D eigenvalue weighted by molar-refractivity contribution is 0.101. The van der Waals surface area contributed by atoms with E-state index >= 15 is 0 Å². The maximum absolute atomic E-state index is 12.4. The fourth-order valence-corrected chi connectivity index (χ4v) is 5.62. The highest BCUT2D eigenvalue weighted by Gasteiger charge is 2.40. The molecule has 0 spiro atoms. The number of aromatic amines is 1. The summed E-state index contributed by atoms with van der Waals surface area (Å²) in [6.07, 6.45) is 1.59. The summed E-state index contributed by atoms with van der Waals surface area (Å²) in [7, 11) is -2.32. The number of carbonyl (C=O) groups is 1. The van der Waals surface area contributed by atoms with Gasteiger partial charge in [0.25, 0.3) is 0 Å². The minimum atomic E-state index is -2.32. The standard InChI is InChI=1S/C31H44N2O6Si/c1-31(2,3)40(4,5)39-27(21-33(30(36)37)19-11-6-7-12-20-34)24-15-17-26(29-25(24)16-18-28(35)32-29)38-22-23-13-9-8-10-14-23/h8-10,13-18,27,34H,6-7,11-12,19-22H2,1-5H3,(H,32,35)(H,36,37). The van der Waals surface area contributed by atoms with Crippen LogP contribution in [0.2, 0.25) is 18.1 Å². The third-order valence-electron chi connectivity index (χ3n) is 7.71. The molecule has 0 aliphatic rings. The second kappa shape index (κ2) is 14.0. The quantitative estimate of drug-likeness (QED) is 0.147. The normalized spacial score (nSPS) is 12.8. The van der Waals surface area contributed by atoms with Crippen LogP contribution in [0, 0.1) is 0 Å². The molecule has 1 unspecified atom stereocenters. The van der Waals surface area contributed by atoms with E-state index in [1.165, 1.54) is 11.0 Å². The van der Waals surface area contributed by atoms with Gasteiger partial charge in [-0.1, -0.05) is 70.0 Å². The Bertz CT molecular complexity index is 1300. The van der Waals surface area contributed by atoms with Crippen molar-refractivity contribution in [3.8, 4) is 5.75 Å². The van der Waals surface area contributed by atoms with Crippen LogP contribution in [0.1, 0.15) is 63.7 Å². The Labute approximate surface area is 238 Å². The van der Waals surface area contributed by atoms with Crippen LogP contribution in [0.25, 0.3) is 10.9 Å². The molecule has 0 bridgehead atoms. The third kappa shape index (κ3) is 8.43. The van der Waals surface area contributed by atoms with E-state index < -0.39 is 20.5 Å². The summed E-state index contributed by atoms with van der Waals surface area (Å²) in [6.45, 7) is 11.8. The van der Waals surface area contributed by atoms with Crippen molar-refractivity contribution in [3.63, 3.8) is 0 Å². The van der Waals surface area contributed by atoms with Crippen LogP contribution in [-0.4, -0.2) is 54.2 Å². The number of hydrogen-bond donors (Lipinski definition) is 3. The third-order valence-corrected chi connectivity index (χ3v) is 12.2. The average molecular weight is 569 g/mol. The molecule has 1 heterocycles. The average Bonchev–Trinajstić information content (AvgIpc) is 2.90. The number of benzene rings is 2. The minimum absolute atomic E-state index is 0.0908. The smallest absolute Gasteiger partial charge is 0.407 e. The van der Waals surface area contributed by atoms with Crippen molar-refractivity contribution in [2.24, 2.45) is 0 Å². The largest absolute Gasteiger partial charge is 0.487 e. The second-order valence-electron chi connectivity index (χ2n) is 11.8. The van der Waals surface area contributed by atoms with Gasteiger partial charge in [-0.25, -0.2) is 4.79 Å². The summed E-state index contributed by atoms with van der Waals surface area (Å²) in [4.78, 5) is 29.0. The molecule has 1 amide bonds. The van der Waals surface area contributed by atoms with E-state index in [-0.39, 0.29) is 23.7 Å². The van der Waals surface area contributed by atoms with Crippen molar-refractivity contribution < 1.29 is 24.2 Å². The van der Waals surface area contributed by atoms with Crippen molar-refractivity contribution in [2.45, 2.75) is 77.3 Å². The Kier molecular flexibility index (Phi) is 11.0. The van der Waals surface area contributed by atoms with Crippen molar-refractivity contribution in [1.82, 2.24) is 9.88 Å². The van der Waals surface area contributed by atoms with E-state index in [4.69, 9.17) is 14.3 Å². The maximum Gasteiger partial charge on any atom is 0.407 e. The fraction of sp³-hybridized carbons (Fsp3) is 0.484. The first-order valence-corrected chi connectivity index (χ1v) is 16.9. The molecule has 1 atom stereocenters. The molecule has 0 saturated carbocycles. The van der Waals surface area contributed by atoms with Gasteiger partial charge in [0.05, 0.1) is 18.2 Å². The maximum atomic E-state index is 12.4. The molecular formula is C31H44N2O6Si. The fourth-order valence-electron chi connectivity index (χ4n) is 4.35. The van der Waals surface area contributed by atoms with Crippen molar-refractivity contribution in [3.05, 3.63) is 76.1 Å². The first-order chi connectivity index (χ1) is 18.9. The molecule has 0 radical (unpaired) electrons. The van der Waals surface area contributed by atoms with E-state index in [1.807, 2.05) is 42.5 Å². The molecule has 3 N–H and O–H groups in total. The number of aromatic nitrogens is 1.